The topological polar surface area (TPSA) is 49.4 Å². The first kappa shape index (κ1) is 15.0. The lowest BCUT2D eigenvalue weighted by atomic mass is 10.00. The Balaban J connectivity index is 2.19. The Morgan fingerprint density at radius 2 is 2.26 bits per heavy atom. The standard InChI is InChI=1S/C13H19BrN2O2S/c1-15-9-11-4-3-7-16(10-11)19(17,18)13-6-2-5-12(14)8-13/h2,5-6,8,11,15H,3-4,7,9-10H2,1H3/t11-/m1/s1. The summed E-state index contributed by atoms with van der Waals surface area (Å²) in [6.45, 7) is 2.09. The van der Waals surface area contributed by atoms with Gasteiger partial charge in [0.25, 0.3) is 0 Å². The van der Waals surface area contributed by atoms with Gasteiger partial charge in [-0.15, -0.1) is 0 Å². The van der Waals surface area contributed by atoms with Gasteiger partial charge in [-0.25, -0.2) is 8.42 Å². The van der Waals surface area contributed by atoms with Gasteiger partial charge in [-0.05, 0) is 50.6 Å². The fourth-order valence-electron chi connectivity index (χ4n) is 2.48. The highest BCUT2D eigenvalue weighted by molar-refractivity contribution is 9.10. The molecule has 0 aliphatic carbocycles. The number of halogens is 1. The monoisotopic (exact) mass is 346 g/mol. The molecular weight excluding hydrogens is 328 g/mol. The van der Waals surface area contributed by atoms with Crippen molar-refractivity contribution in [3.8, 4) is 0 Å². The van der Waals surface area contributed by atoms with Crippen molar-refractivity contribution in [3.05, 3.63) is 28.7 Å². The lowest BCUT2D eigenvalue weighted by Gasteiger charge is -2.31. The van der Waals surface area contributed by atoms with Crippen molar-refractivity contribution in [1.82, 2.24) is 9.62 Å². The first-order chi connectivity index (χ1) is 9.04. The molecule has 106 valence electrons. The molecule has 0 radical (unpaired) electrons. The van der Waals surface area contributed by atoms with E-state index in [2.05, 4.69) is 21.2 Å². The normalized spacial score (nSPS) is 21.5. The summed E-state index contributed by atoms with van der Waals surface area (Å²) >= 11 is 3.32. The maximum absolute atomic E-state index is 12.6. The molecule has 1 aliphatic rings. The zero-order chi connectivity index (χ0) is 13.9. The largest absolute Gasteiger partial charge is 0.319 e. The summed E-state index contributed by atoms with van der Waals surface area (Å²) < 4.78 is 27.5. The summed E-state index contributed by atoms with van der Waals surface area (Å²) in [5.74, 6) is 0.403. The lowest BCUT2D eigenvalue weighted by molar-refractivity contribution is 0.263. The van der Waals surface area contributed by atoms with Gasteiger partial charge >= 0.3 is 0 Å². The minimum atomic E-state index is -3.36. The zero-order valence-corrected chi connectivity index (χ0v) is 13.4. The highest BCUT2D eigenvalue weighted by Crippen LogP contribution is 2.25. The third-order valence-electron chi connectivity index (χ3n) is 3.41. The molecule has 1 aromatic carbocycles. The van der Waals surface area contributed by atoms with E-state index in [9.17, 15) is 8.42 Å². The van der Waals surface area contributed by atoms with E-state index in [1.165, 1.54) is 0 Å². The summed E-state index contributed by atoms with van der Waals surface area (Å²) in [7, 11) is -1.46. The molecule has 0 bridgehead atoms. The Hall–Kier alpha value is -0.430. The van der Waals surface area contributed by atoms with Crippen LogP contribution in [0.2, 0.25) is 0 Å². The first-order valence-electron chi connectivity index (χ1n) is 6.44. The molecule has 0 aromatic heterocycles. The number of piperidine rings is 1. The van der Waals surface area contributed by atoms with E-state index in [-0.39, 0.29) is 0 Å². The average Bonchev–Trinajstić information content (AvgIpc) is 2.39. The second-order valence-corrected chi connectivity index (χ2v) is 7.74. The van der Waals surface area contributed by atoms with E-state index in [1.807, 2.05) is 13.1 Å². The maximum atomic E-state index is 12.6. The molecule has 1 heterocycles. The van der Waals surface area contributed by atoms with E-state index in [0.29, 0.717) is 23.9 Å². The molecule has 1 saturated heterocycles. The molecule has 19 heavy (non-hydrogen) atoms. The molecule has 1 N–H and O–H groups in total. The second kappa shape index (κ2) is 6.35. The predicted molar refractivity (Wildman–Crippen MR) is 79.6 cm³/mol. The van der Waals surface area contributed by atoms with Gasteiger partial charge < -0.3 is 5.32 Å². The van der Waals surface area contributed by atoms with Gasteiger partial charge in [0, 0.05) is 17.6 Å². The van der Waals surface area contributed by atoms with Crippen LogP contribution in [0.4, 0.5) is 0 Å². The quantitative estimate of drug-likeness (QED) is 0.907. The predicted octanol–water partition coefficient (Wildman–Crippen LogP) is 2.07. The summed E-state index contributed by atoms with van der Waals surface area (Å²) in [5.41, 5.74) is 0. The van der Waals surface area contributed by atoms with E-state index < -0.39 is 10.0 Å². The third-order valence-corrected chi connectivity index (χ3v) is 5.76. The molecule has 1 aliphatic heterocycles. The van der Waals surface area contributed by atoms with E-state index in [1.54, 1.807) is 22.5 Å². The fourth-order valence-corrected chi connectivity index (χ4v) is 4.63. The Morgan fingerprint density at radius 3 is 2.95 bits per heavy atom. The molecule has 0 unspecified atom stereocenters. The molecule has 2 rings (SSSR count). The van der Waals surface area contributed by atoms with E-state index in [0.717, 1.165) is 23.9 Å². The SMILES string of the molecule is CNC[C@H]1CCCN(S(=O)(=O)c2cccc(Br)c2)C1. The van der Waals surface area contributed by atoms with E-state index in [4.69, 9.17) is 0 Å². The number of sulfonamides is 1. The van der Waals surface area contributed by atoms with Gasteiger partial charge in [0.2, 0.25) is 10.0 Å². The van der Waals surface area contributed by atoms with Crippen LogP contribution in [0.5, 0.6) is 0 Å². The lowest BCUT2D eigenvalue weighted by Crippen LogP contribution is -2.42. The molecule has 1 fully saturated rings. The zero-order valence-electron chi connectivity index (χ0n) is 11.0. The molecule has 0 amide bonds. The van der Waals surface area contributed by atoms with Crippen LogP contribution < -0.4 is 5.32 Å². The fraction of sp³-hybridized carbons (Fsp3) is 0.538. The van der Waals surface area contributed by atoms with Crippen molar-refractivity contribution in [1.29, 1.82) is 0 Å². The Morgan fingerprint density at radius 1 is 1.47 bits per heavy atom. The summed E-state index contributed by atoms with van der Waals surface area (Å²) in [6.07, 6.45) is 2.02. The van der Waals surface area contributed by atoms with Gasteiger partial charge in [0.05, 0.1) is 4.90 Å². The van der Waals surface area contributed by atoms with Gasteiger partial charge in [-0.3, -0.25) is 0 Å². The van der Waals surface area contributed by atoms with Crippen molar-refractivity contribution in [2.24, 2.45) is 5.92 Å². The number of rotatable bonds is 4. The van der Waals surface area contributed by atoms with Crippen LogP contribution in [0.25, 0.3) is 0 Å². The maximum Gasteiger partial charge on any atom is 0.243 e. The van der Waals surface area contributed by atoms with Crippen molar-refractivity contribution >= 4 is 26.0 Å². The minimum absolute atomic E-state index is 0.368. The summed E-state index contributed by atoms with van der Waals surface area (Å²) in [4.78, 5) is 0.368. The summed E-state index contributed by atoms with van der Waals surface area (Å²) in [6, 6.07) is 6.91. The second-order valence-electron chi connectivity index (χ2n) is 4.89. The van der Waals surface area contributed by atoms with Gasteiger partial charge in [-0.2, -0.15) is 4.31 Å². The highest BCUT2D eigenvalue weighted by Gasteiger charge is 2.29. The molecule has 6 heteroatoms. The smallest absolute Gasteiger partial charge is 0.243 e. The molecule has 1 aromatic rings. The van der Waals surface area contributed by atoms with Crippen molar-refractivity contribution in [2.45, 2.75) is 17.7 Å². The minimum Gasteiger partial charge on any atom is -0.319 e. The van der Waals surface area contributed by atoms with E-state index >= 15 is 0 Å². The van der Waals surface area contributed by atoms with Crippen molar-refractivity contribution < 1.29 is 8.42 Å². The number of benzene rings is 1. The van der Waals surface area contributed by atoms with Gasteiger partial charge in [-0.1, -0.05) is 22.0 Å². The Kier molecular flexibility index (Phi) is 5.00. The molecule has 1 atom stereocenters. The highest BCUT2D eigenvalue weighted by atomic mass is 79.9. The van der Waals surface area contributed by atoms with Crippen molar-refractivity contribution in [3.63, 3.8) is 0 Å². The molecule has 4 nitrogen and oxygen atoms in total. The molecule has 0 spiro atoms. The van der Waals surface area contributed by atoms with Crippen molar-refractivity contribution in [2.75, 3.05) is 26.7 Å². The average molecular weight is 347 g/mol. The number of nitrogens with one attached hydrogen (secondary N) is 1. The summed E-state index contributed by atoms with van der Waals surface area (Å²) in [5, 5.41) is 3.13. The number of nitrogens with zero attached hydrogens (tertiary/aromatic N) is 1. The van der Waals surface area contributed by atoms with Gasteiger partial charge in [0.15, 0.2) is 0 Å². The number of hydrogen-bond donors (Lipinski definition) is 1. The van der Waals surface area contributed by atoms with Crippen LogP contribution in [-0.4, -0.2) is 39.4 Å². The van der Waals surface area contributed by atoms with Crippen LogP contribution in [0, 0.1) is 5.92 Å². The van der Waals surface area contributed by atoms with Gasteiger partial charge in [0.1, 0.15) is 0 Å². The molecule has 0 saturated carbocycles. The van der Waals surface area contributed by atoms with Crippen LogP contribution in [0.1, 0.15) is 12.8 Å². The van der Waals surface area contributed by atoms with Crippen LogP contribution >= 0.6 is 15.9 Å². The van der Waals surface area contributed by atoms with Crippen LogP contribution in [0.3, 0.4) is 0 Å². The third kappa shape index (κ3) is 3.56. The number of hydrogen-bond acceptors (Lipinski definition) is 3. The Labute approximate surface area is 123 Å². The first-order valence-corrected chi connectivity index (χ1v) is 8.67. The van der Waals surface area contributed by atoms with Crippen LogP contribution in [-0.2, 0) is 10.0 Å². The van der Waals surface area contributed by atoms with Crippen LogP contribution in [0.15, 0.2) is 33.6 Å². The molecular formula is C13H19BrN2O2S. The Bertz CT molecular complexity index is 531.